The first kappa shape index (κ1) is 27.5. The minimum atomic E-state index is 0.563. The van der Waals surface area contributed by atoms with Crippen LogP contribution in [0, 0.1) is 0 Å². The van der Waals surface area contributed by atoms with E-state index in [9.17, 15) is 0 Å². The number of rotatable bonds is 24. The summed E-state index contributed by atoms with van der Waals surface area (Å²) in [6.45, 7) is 7.91. The van der Waals surface area contributed by atoms with Gasteiger partial charge in [-0.15, -0.1) is 0 Å². The fourth-order valence-electron chi connectivity index (χ4n) is 2.00. The lowest BCUT2D eigenvalue weighted by Crippen LogP contribution is -2.14. The molecule has 0 N–H and O–H groups in total. The summed E-state index contributed by atoms with van der Waals surface area (Å²) in [4.78, 5) is 0. The van der Waals surface area contributed by atoms with Crippen LogP contribution in [0.2, 0.25) is 0 Å². The van der Waals surface area contributed by atoms with E-state index in [0.29, 0.717) is 79.3 Å². The van der Waals surface area contributed by atoms with Crippen molar-refractivity contribution in [2.45, 2.75) is 25.7 Å². The molecule has 0 spiro atoms. The zero-order valence-corrected chi connectivity index (χ0v) is 19.1. The predicted octanol–water partition coefficient (Wildman–Crippen LogP) is 2.73. The van der Waals surface area contributed by atoms with Gasteiger partial charge in [-0.25, -0.2) is 0 Å². The van der Waals surface area contributed by atoms with Crippen LogP contribution in [0.5, 0.6) is 0 Å². The highest BCUT2D eigenvalue weighted by Crippen LogP contribution is 2.02. The molecule has 164 valence electrons. The Morgan fingerprint density at radius 2 is 0.741 bits per heavy atom. The summed E-state index contributed by atoms with van der Waals surface area (Å²) >= 11 is 2.42. The molecule has 0 rings (SSSR count). The topological polar surface area (TPSA) is 64.6 Å². The van der Waals surface area contributed by atoms with Crippen LogP contribution in [0.1, 0.15) is 25.7 Å². The monoisotopic (exact) mass is 506 g/mol. The average Bonchev–Trinajstić information content (AvgIpc) is 2.68. The quantitative estimate of drug-likeness (QED) is 0.113. The summed E-state index contributed by atoms with van der Waals surface area (Å²) in [5.74, 6) is 0. The molecule has 0 fully saturated rings. The maximum absolute atomic E-state index is 5.53. The second-order valence-corrected chi connectivity index (χ2v) is 6.85. The summed E-state index contributed by atoms with van der Waals surface area (Å²) in [6.07, 6.45) is 5.02. The highest BCUT2D eigenvalue weighted by Gasteiger charge is 1.94. The Bertz CT molecular complexity index is 236. The minimum absolute atomic E-state index is 0.563. The highest BCUT2D eigenvalue weighted by molar-refractivity contribution is 14.1. The van der Waals surface area contributed by atoms with Crippen molar-refractivity contribution in [3.8, 4) is 0 Å². The van der Waals surface area contributed by atoms with Crippen LogP contribution in [0.25, 0.3) is 0 Å². The molecule has 0 aliphatic heterocycles. The Morgan fingerprint density at radius 3 is 1.11 bits per heavy atom. The van der Waals surface area contributed by atoms with Crippen molar-refractivity contribution in [1.29, 1.82) is 0 Å². The van der Waals surface area contributed by atoms with Gasteiger partial charge >= 0.3 is 0 Å². The number of halogens is 1. The van der Waals surface area contributed by atoms with E-state index >= 15 is 0 Å². The number of hydrogen-bond donors (Lipinski definition) is 0. The zero-order chi connectivity index (χ0) is 19.7. The molecular formula is C19H39IO7. The molecule has 0 radical (unpaired) electrons. The second-order valence-electron chi connectivity index (χ2n) is 5.77. The minimum Gasteiger partial charge on any atom is -0.382 e. The molecule has 0 aliphatic rings. The van der Waals surface area contributed by atoms with E-state index in [0.717, 1.165) is 13.0 Å². The maximum Gasteiger partial charge on any atom is 0.0701 e. The van der Waals surface area contributed by atoms with Gasteiger partial charge in [-0.05, 0) is 17.3 Å². The van der Waals surface area contributed by atoms with Gasteiger partial charge in [-0.3, -0.25) is 0 Å². The predicted molar refractivity (Wildman–Crippen MR) is 114 cm³/mol. The largest absolute Gasteiger partial charge is 0.382 e. The summed E-state index contributed by atoms with van der Waals surface area (Å²) in [7, 11) is 1.65. The van der Waals surface area contributed by atoms with Crippen LogP contribution in [0.4, 0.5) is 0 Å². The van der Waals surface area contributed by atoms with Crippen LogP contribution >= 0.6 is 22.6 Å². The molecule has 0 aromatic heterocycles. The van der Waals surface area contributed by atoms with Gasteiger partial charge in [-0.2, -0.15) is 0 Å². The van der Waals surface area contributed by atoms with E-state index in [1.54, 1.807) is 7.11 Å². The maximum atomic E-state index is 5.53. The first-order chi connectivity index (χ1) is 13.4. The fraction of sp³-hybridized carbons (Fsp3) is 1.00. The van der Waals surface area contributed by atoms with Gasteiger partial charge in [-0.1, -0.05) is 35.4 Å². The van der Waals surface area contributed by atoms with E-state index in [2.05, 4.69) is 22.6 Å². The van der Waals surface area contributed by atoms with Crippen molar-refractivity contribution in [2.24, 2.45) is 0 Å². The summed E-state index contributed by atoms with van der Waals surface area (Å²) in [6, 6.07) is 0. The summed E-state index contributed by atoms with van der Waals surface area (Å²) < 4.78 is 38.6. The van der Waals surface area contributed by atoms with E-state index in [1.807, 2.05) is 0 Å². The Balaban J connectivity index is 2.95. The lowest BCUT2D eigenvalue weighted by molar-refractivity contribution is -0.0191. The van der Waals surface area contributed by atoms with E-state index in [1.165, 1.54) is 23.7 Å². The molecule has 0 unspecified atom stereocenters. The van der Waals surface area contributed by atoms with Crippen LogP contribution in [-0.4, -0.2) is 97.4 Å². The lowest BCUT2D eigenvalue weighted by atomic mass is 10.2. The van der Waals surface area contributed by atoms with Crippen molar-refractivity contribution >= 4 is 22.6 Å². The summed E-state index contributed by atoms with van der Waals surface area (Å²) in [5, 5.41) is 0. The molecule has 0 amide bonds. The van der Waals surface area contributed by atoms with Crippen molar-refractivity contribution in [1.82, 2.24) is 0 Å². The van der Waals surface area contributed by atoms with Gasteiger partial charge in [0, 0.05) is 13.7 Å². The lowest BCUT2D eigenvalue weighted by Gasteiger charge is -2.08. The van der Waals surface area contributed by atoms with Crippen LogP contribution in [-0.2, 0) is 33.2 Å². The molecule has 8 heteroatoms. The van der Waals surface area contributed by atoms with Crippen LogP contribution < -0.4 is 0 Å². The van der Waals surface area contributed by atoms with Gasteiger partial charge in [0.05, 0.1) is 79.3 Å². The number of hydrogen-bond acceptors (Lipinski definition) is 7. The first-order valence-corrected chi connectivity index (χ1v) is 11.5. The molecule has 0 saturated heterocycles. The van der Waals surface area contributed by atoms with E-state index in [4.69, 9.17) is 33.2 Å². The van der Waals surface area contributed by atoms with E-state index < -0.39 is 0 Å². The smallest absolute Gasteiger partial charge is 0.0701 e. The van der Waals surface area contributed by atoms with Gasteiger partial charge in [0.2, 0.25) is 0 Å². The second kappa shape index (κ2) is 26.4. The SMILES string of the molecule is COCCOCCOCCOCCOCCOCCOCCCCCCI. The molecule has 0 heterocycles. The Labute approximate surface area is 178 Å². The molecule has 0 saturated carbocycles. The Hall–Kier alpha value is 0.450. The molecule has 7 nitrogen and oxygen atoms in total. The van der Waals surface area contributed by atoms with Crippen molar-refractivity contribution in [3.63, 3.8) is 0 Å². The van der Waals surface area contributed by atoms with E-state index in [-0.39, 0.29) is 0 Å². The number of methoxy groups -OCH3 is 1. The normalized spacial score (nSPS) is 11.3. The number of alkyl halides is 1. The van der Waals surface area contributed by atoms with Gasteiger partial charge < -0.3 is 33.2 Å². The first-order valence-electron chi connectivity index (χ1n) is 9.93. The molecule has 0 atom stereocenters. The third kappa shape index (κ3) is 26.4. The molecule has 0 aromatic carbocycles. The fourth-order valence-corrected chi connectivity index (χ4v) is 2.54. The third-order valence-corrected chi connectivity index (χ3v) is 4.23. The van der Waals surface area contributed by atoms with Gasteiger partial charge in [0.15, 0.2) is 0 Å². The molecule has 27 heavy (non-hydrogen) atoms. The molecule has 0 aromatic rings. The molecular weight excluding hydrogens is 467 g/mol. The third-order valence-electron chi connectivity index (χ3n) is 3.46. The molecule has 0 aliphatic carbocycles. The Morgan fingerprint density at radius 1 is 0.407 bits per heavy atom. The van der Waals surface area contributed by atoms with Gasteiger partial charge in [0.1, 0.15) is 0 Å². The van der Waals surface area contributed by atoms with Crippen LogP contribution in [0.15, 0.2) is 0 Å². The van der Waals surface area contributed by atoms with Crippen LogP contribution in [0.3, 0.4) is 0 Å². The highest BCUT2D eigenvalue weighted by atomic mass is 127. The van der Waals surface area contributed by atoms with Crippen molar-refractivity contribution in [3.05, 3.63) is 0 Å². The van der Waals surface area contributed by atoms with Crippen molar-refractivity contribution in [2.75, 3.05) is 97.4 Å². The number of unbranched alkanes of at least 4 members (excludes halogenated alkanes) is 3. The molecule has 0 bridgehead atoms. The van der Waals surface area contributed by atoms with Crippen molar-refractivity contribution < 1.29 is 33.2 Å². The average molecular weight is 506 g/mol. The zero-order valence-electron chi connectivity index (χ0n) is 17.0. The standard InChI is InChI=1S/C19H39IO7/c1-21-8-9-23-12-13-25-16-17-27-19-18-26-15-14-24-11-10-22-7-5-3-2-4-6-20/h2-19H2,1H3. The summed E-state index contributed by atoms with van der Waals surface area (Å²) in [5.41, 5.74) is 0. The van der Waals surface area contributed by atoms with Gasteiger partial charge in [0.25, 0.3) is 0 Å². The Kier molecular flexibility index (Phi) is 26.9. The number of ether oxygens (including phenoxy) is 7.